The fourth-order valence-electron chi connectivity index (χ4n) is 3.19. The molecule has 9 heteroatoms. The van der Waals surface area contributed by atoms with Gasteiger partial charge in [-0.05, 0) is 36.8 Å². The molecule has 1 fully saturated rings. The fraction of sp³-hybridized carbons (Fsp3) is 0.350. The van der Waals surface area contributed by atoms with Gasteiger partial charge in [-0.15, -0.1) is 0 Å². The number of benzene rings is 2. The maximum Gasteiger partial charge on any atom is 0.251 e. The van der Waals surface area contributed by atoms with E-state index in [0.717, 1.165) is 17.8 Å². The molecule has 1 aliphatic heterocycles. The predicted octanol–water partition coefficient (Wildman–Crippen LogP) is 2.24. The Balaban J connectivity index is 1.43. The summed E-state index contributed by atoms with van der Waals surface area (Å²) in [5, 5.41) is 2.53. The Hall–Kier alpha value is -2.52. The van der Waals surface area contributed by atoms with Gasteiger partial charge in [-0.1, -0.05) is 18.2 Å². The zero-order chi connectivity index (χ0) is 20.9. The Bertz CT molecular complexity index is 947. The largest absolute Gasteiger partial charge is 0.369 e. The molecule has 3 rings (SSSR count). The number of anilines is 1. The van der Waals surface area contributed by atoms with Crippen LogP contribution < -0.4 is 10.2 Å². The average molecular weight is 423 g/mol. The molecule has 0 bridgehead atoms. The molecule has 1 aliphatic rings. The molecule has 0 atom stereocenters. The van der Waals surface area contributed by atoms with Crippen LogP contribution in [0.25, 0.3) is 0 Å². The summed E-state index contributed by atoms with van der Waals surface area (Å²) >= 11 is 0. The van der Waals surface area contributed by atoms with Crippen molar-refractivity contribution in [2.45, 2.75) is 6.42 Å². The summed E-state index contributed by atoms with van der Waals surface area (Å²) in [6, 6.07) is 12.7. The Morgan fingerprint density at radius 3 is 2.31 bits per heavy atom. The van der Waals surface area contributed by atoms with Gasteiger partial charge in [-0.2, -0.15) is 4.31 Å². The van der Waals surface area contributed by atoms with E-state index in [9.17, 15) is 22.0 Å². The lowest BCUT2D eigenvalue weighted by Crippen LogP contribution is -2.49. The van der Waals surface area contributed by atoms with E-state index in [1.807, 2.05) is 30.3 Å². The third kappa shape index (κ3) is 5.51. The highest BCUT2D eigenvalue weighted by Crippen LogP contribution is 2.17. The predicted molar refractivity (Wildman–Crippen MR) is 107 cm³/mol. The molecule has 29 heavy (non-hydrogen) atoms. The van der Waals surface area contributed by atoms with Gasteiger partial charge in [0.05, 0.1) is 5.75 Å². The molecule has 1 heterocycles. The van der Waals surface area contributed by atoms with Crippen LogP contribution in [-0.4, -0.2) is 57.1 Å². The molecule has 1 saturated heterocycles. The van der Waals surface area contributed by atoms with Crippen molar-refractivity contribution in [1.82, 2.24) is 9.62 Å². The Morgan fingerprint density at radius 2 is 1.66 bits per heavy atom. The third-order valence-electron chi connectivity index (χ3n) is 4.80. The standard InChI is InChI=1S/C20H23F2N3O3S/c21-18-8-7-16(15-19(18)22)20(26)23-9-4-14-29(27,28)25-12-10-24(11-13-25)17-5-2-1-3-6-17/h1-3,5-8,15H,4,9-14H2,(H,23,26). The van der Waals surface area contributed by atoms with Crippen LogP contribution in [0.2, 0.25) is 0 Å². The smallest absolute Gasteiger partial charge is 0.251 e. The monoisotopic (exact) mass is 423 g/mol. The van der Waals surface area contributed by atoms with Crippen LogP contribution in [0.1, 0.15) is 16.8 Å². The number of amides is 1. The maximum absolute atomic E-state index is 13.2. The number of halogens is 2. The molecule has 1 N–H and O–H groups in total. The molecule has 0 aliphatic carbocycles. The number of hydrogen-bond acceptors (Lipinski definition) is 4. The number of nitrogens with zero attached hydrogens (tertiary/aromatic N) is 2. The van der Waals surface area contributed by atoms with Crippen LogP contribution in [0.15, 0.2) is 48.5 Å². The molecule has 0 aromatic heterocycles. The lowest BCUT2D eigenvalue weighted by atomic mass is 10.2. The van der Waals surface area contributed by atoms with Crippen LogP contribution in [-0.2, 0) is 10.0 Å². The van der Waals surface area contributed by atoms with Crippen molar-refractivity contribution in [3.05, 3.63) is 65.7 Å². The van der Waals surface area contributed by atoms with E-state index in [-0.39, 0.29) is 24.3 Å². The average Bonchev–Trinajstić information content (AvgIpc) is 2.74. The first-order valence-electron chi connectivity index (χ1n) is 9.38. The van der Waals surface area contributed by atoms with Crippen molar-refractivity contribution in [2.75, 3.05) is 43.4 Å². The molecule has 1 amide bonds. The van der Waals surface area contributed by atoms with E-state index in [4.69, 9.17) is 0 Å². The second-order valence-corrected chi connectivity index (χ2v) is 8.86. The van der Waals surface area contributed by atoms with Crippen molar-refractivity contribution < 1.29 is 22.0 Å². The second kappa shape index (κ2) is 9.32. The molecule has 2 aromatic carbocycles. The van der Waals surface area contributed by atoms with Gasteiger partial charge in [0, 0.05) is 44.0 Å². The molecule has 0 radical (unpaired) electrons. The van der Waals surface area contributed by atoms with Gasteiger partial charge >= 0.3 is 0 Å². The van der Waals surface area contributed by atoms with Crippen molar-refractivity contribution in [2.24, 2.45) is 0 Å². The molecular formula is C20H23F2N3O3S. The highest BCUT2D eigenvalue weighted by Gasteiger charge is 2.26. The molecule has 6 nitrogen and oxygen atoms in total. The third-order valence-corrected chi connectivity index (χ3v) is 6.76. The maximum atomic E-state index is 13.2. The van der Waals surface area contributed by atoms with Crippen LogP contribution in [0.5, 0.6) is 0 Å². The van der Waals surface area contributed by atoms with E-state index in [0.29, 0.717) is 26.2 Å². The number of nitrogens with one attached hydrogen (secondary N) is 1. The molecule has 0 spiro atoms. The van der Waals surface area contributed by atoms with Gasteiger partial charge in [0.25, 0.3) is 5.91 Å². The number of hydrogen-bond donors (Lipinski definition) is 1. The van der Waals surface area contributed by atoms with E-state index < -0.39 is 27.6 Å². The number of carbonyl (C=O) groups is 1. The zero-order valence-corrected chi connectivity index (χ0v) is 16.7. The lowest BCUT2D eigenvalue weighted by Gasteiger charge is -2.35. The summed E-state index contributed by atoms with van der Waals surface area (Å²) < 4.78 is 52.6. The van der Waals surface area contributed by atoms with Crippen molar-refractivity contribution in [3.8, 4) is 0 Å². The topological polar surface area (TPSA) is 69.7 Å². The SMILES string of the molecule is O=C(NCCCS(=O)(=O)N1CCN(c2ccccc2)CC1)c1ccc(F)c(F)c1. The first-order valence-corrected chi connectivity index (χ1v) is 11.0. The van der Waals surface area contributed by atoms with Gasteiger partial charge in [-0.25, -0.2) is 17.2 Å². The van der Waals surface area contributed by atoms with E-state index in [1.165, 1.54) is 10.4 Å². The van der Waals surface area contributed by atoms with Crippen molar-refractivity contribution in [1.29, 1.82) is 0 Å². The highest BCUT2D eigenvalue weighted by molar-refractivity contribution is 7.89. The Morgan fingerprint density at radius 1 is 0.966 bits per heavy atom. The Kier molecular flexibility index (Phi) is 6.81. The van der Waals surface area contributed by atoms with E-state index >= 15 is 0 Å². The van der Waals surface area contributed by atoms with Crippen LogP contribution in [0.4, 0.5) is 14.5 Å². The lowest BCUT2D eigenvalue weighted by molar-refractivity contribution is 0.0953. The van der Waals surface area contributed by atoms with Gasteiger partial charge < -0.3 is 10.2 Å². The summed E-state index contributed by atoms with van der Waals surface area (Å²) in [5.41, 5.74) is 1.06. The number of carbonyl (C=O) groups excluding carboxylic acids is 1. The summed E-state index contributed by atoms with van der Waals surface area (Å²) in [6.45, 7) is 2.20. The minimum atomic E-state index is -3.42. The van der Waals surface area contributed by atoms with Crippen LogP contribution in [0, 0.1) is 11.6 Å². The quantitative estimate of drug-likeness (QED) is 0.694. The van der Waals surface area contributed by atoms with Gasteiger partial charge in [0.2, 0.25) is 10.0 Å². The summed E-state index contributed by atoms with van der Waals surface area (Å²) in [4.78, 5) is 14.1. The van der Waals surface area contributed by atoms with E-state index in [2.05, 4.69) is 10.2 Å². The second-order valence-electron chi connectivity index (χ2n) is 6.78. The van der Waals surface area contributed by atoms with Gasteiger partial charge in [-0.3, -0.25) is 4.79 Å². The van der Waals surface area contributed by atoms with E-state index in [1.54, 1.807) is 0 Å². The minimum absolute atomic E-state index is 0.0104. The zero-order valence-electron chi connectivity index (χ0n) is 15.9. The van der Waals surface area contributed by atoms with Gasteiger partial charge in [0.1, 0.15) is 0 Å². The Labute approximate surface area is 169 Å². The number of sulfonamides is 1. The summed E-state index contributed by atoms with van der Waals surface area (Å²) in [7, 11) is -3.42. The van der Waals surface area contributed by atoms with Crippen molar-refractivity contribution in [3.63, 3.8) is 0 Å². The fourth-order valence-corrected chi connectivity index (χ4v) is 4.68. The first-order chi connectivity index (χ1) is 13.9. The normalized spacial score (nSPS) is 15.3. The number of rotatable bonds is 7. The summed E-state index contributed by atoms with van der Waals surface area (Å²) in [5.74, 6) is -2.79. The summed E-state index contributed by atoms with van der Waals surface area (Å²) in [6.07, 6.45) is 0.233. The van der Waals surface area contributed by atoms with Crippen molar-refractivity contribution >= 4 is 21.6 Å². The first kappa shape index (κ1) is 21.2. The minimum Gasteiger partial charge on any atom is -0.369 e. The number of piperazine rings is 1. The van der Waals surface area contributed by atoms with Crippen LogP contribution in [0.3, 0.4) is 0 Å². The molecule has 0 unspecified atom stereocenters. The van der Waals surface area contributed by atoms with Gasteiger partial charge in [0.15, 0.2) is 11.6 Å². The molecule has 156 valence electrons. The molecule has 0 saturated carbocycles. The highest BCUT2D eigenvalue weighted by atomic mass is 32.2. The molecule has 2 aromatic rings. The van der Waals surface area contributed by atoms with Crippen LogP contribution >= 0.6 is 0 Å². The molecular weight excluding hydrogens is 400 g/mol. The number of para-hydroxylation sites is 1.